The zero-order chi connectivity index (χ0) is 76.9. The van der Waals surface area contributed by atoms with Crippen LogP contribution in [0.2, 0.25) is 0 Å². The van der Waals surface area contributed by atoms with E-state index in [4.69, 9.17) is 9.47 Å². The van der Waals surface area contributed by atoms with Gasteiger partial charge in [-0.2, -0.15) is 0 Å². The van der Waals surface area contributed by atoms with E-state index in [0.29, 0.717) is 23.0 Å². The van der Waals surface area contributed by atoms with Gasteiger partial charge >= 0.3 is 0 Å². The van der Waals surface area contributed by atoms with Crippen LogP contribution >= 0.6 is 0 Å². The molecule has 5 aliphatic rings. The molecule has 0 radical (unpaired) electrons. The number of ether oxygens (including phenoxy) is 2. The van der Waals surface area contributed by atoms with Crippen LogP contribution in [-0.4, -0.2) is 45.1 Å². The fourth-order valence-corrected chi connectivity index (χ4v) is 19.4. The van der Waals surface area contributed by atoms with Crippen LogP contribution < -0.4 is 29.9 Å². The average Bonchev–Trinajstić information content (AvgIpc) is 1.50. The molecule has 8 nitrogen and oxygen atoms in total. The summed E-state index contributed by atoms with van der Waals surface area (Å²) >= 11 is 0. The first-order valence-electron chi connectivity index (χ1n) is 42.4. The number of carbonyl (C=O) groups is 2. The molecule has 2 saturated carbocycles. The number of piperazine rings is 1. The minimum absolute atomic E-state index is 0.110. The molecular formula is C104H112N4O4. The molecule has 1 atom stereocenters. The quantitative estimate of drug-likeness (QED) is 0.0555. The van der Waals surface area contributed by atoms with Gasteiger partial charge in [0.2, 0.25) is 0 Å². The second-order valence-electron chi connectivity index (χ2n) is 33.6. The summed E-state index contributed by atoms with van der Waals surface area (Å²) in [6.45, 7) is 17.5. The first-order valence-corrected chi connectivity index (χ1v) is 42.4. The van der Waals surface area contributed by atoms with Gasteiger partial charge in [0.05, 0.1) is 7.11 Å². The van der Waals surface area contributed by atoms with Gasteiger partial charge in [-0.1, -0.05) is 220 Å². The van der Waals surface area contributed by atoms with Crippen molar-refractivity contribution in [2.75, 3.05) is 53.7 Å². The van der Waals surface area contributed by atoms with E-state index in [-0.39, 0.29) is 11.8 Å². The second-order valence-corrected chi connectivity index (χ2v) is 33.6. The van der Waals surface area contributed by atoms with E-state index >= 15 is 0 Å². The number of unbranched alkanes of at least 4 members (excludes halogenated alkanes) is 5. The number of anilines is 4. The van der Waals surface area contributed by atoms with E-state index in [1.807, 2.05) is 54.6 Å². The fraction of sp³-hybridized carbons (Fsp3) is 0.346. The molecule has 2 N–H and O–H groups in total. The molecule has 572 valence electrons. The first kappa shape index (κ1) is 75.6. The van der Waals surface area contributed by atoms with Crippen LogP contribution in [-0.2, 0) is 17.4 Å². The largest absolute Gasteiger partial charge is 0.497 e. The van der Waals surface area contributed by atoms with E-state index in [2.05, 4.69) is 244 Å². The lowest BCUT2D eigenvalue weighted by atomic mass is 9.76. The molecule has 0 spiro atoms. The first-order chi connectivity index (χ1) is 54.7. The fourth-order valence-electron chi connectivity index (χ4n) is 19.4. The predicted molar refractivity (Wildman–Crippen MR) is 468 cm³/mol. The van der Waals surface area contributed by atoms with Gasteiger partial charge in [-0.05, 0) is 287 Å². The van der Waals surface area contributed by atoms with Crippen LogP contribution in [0.15, 0.2) is 231 Å². The molecule has 1 unspecified atom stereocenters. The zero-order valence-corrected chi connectivity index (χ0v) is 67.1. The Balaban J connectivity index is 0.690. The van der Waals surface area contributed by atoms with Gasteiger partial charge in [0.15, 0.2) is 5.60 Å². The highest BCUT2D eigenvalue weighted by atomic mass is 16.5. The van der Waals surface area contributed by atoms with Crippen LogP contribution in [0.4, 0.5) is 22.7 Å². The molecule has 11 aromatic carbocycles. The SMILES string of the molecule is CCCCC[C@H]1CC[C@H](c2ccc(C(=O)Nc3ccc(-c4ccc5c6c(c7c(c5c4)-c4cc(-c5ccc(NC(=O)c8ccc(-c9ccc([C@H]%10CC[C@H](CCCCC)CC%10)cc9)cc8)cc5C)ccc4C7(C)C)C=CC(c4ccc(OC)cc4)(c4ccc(N5CCN(c7ccc(CCCC)cc7)CC5)cc4)O6)cc3)cc2)CC1. The number of amides is 2. The van der Waals surface area contributed by atoms with Crippen LogP contribution in [0.5, 0.6) is 11.5 Å². The number of rotatable bonds is 25. The number of fused-ring (bicyclic) bond motifs is 8. The van der Waals surface area contributed by atoms with Crippen molar-refractivity contribution in [1.29, 1.82) is 0 Å². The Morgan fingerprint density at radius 1 is 0.473 bits per heavy atom. The zero-order valence-electron chi connectivity index (χ0n) is 67.1. The van der Waals surface area contributed by atoms with Gasteiger partial charge < -0.3 is 29.9 Å². The summed E-state index contributed by atoms with van der Waals surface area (Å²) in [5, 5.41) is 8.58. The molecule has 16 rings (SSSR count). The van der Waals surface area contributed by atoms with E-state index in [1.54, 1.807) is 7.11 Å². The second kappa shape index (κ2) is 33.5. The van der Waals surface area contributed by atoms with Gasteiger partial charge in [-0.3, -0.25) is 9.59 Å². The highest BCUT2D eigenvalue weighted by Crippen LogP contribution is 2.59. The molecule has 0 aromatic heterocycles. The van der Waals surface area contributed by atoms with Crippen LogP contribution in [0.3, 0.4) is 0 Å². The average molecular weight is 1480 g/mol. The van der Waals surface area contributed by atoms with Crippen molar-refractivity contribution in [2.24, 2.45) is 11.8 Å². The maximum Gasteiger partial charge on any atom is 0.255 e. The molecule has 1 saturated heterocycles. The lowest BCUT2D eigenvalue weighted by Crippen LogP contribution is -2.46. The molecule has 0 bridgehead atoms. The lowest BCUT2D eigenvalue weighted by Gasteiger charge is -2.39. The third kappa shape index (κ3) is 15.8. The number of benzene rings is 11. The van der Waals surface area contributed by atoms with Crippen molar-refractivity contribution in [2.45, 2.75) is 186 Å². The normalized spacial score (nSPS) is 19.0. The smallest absolute Gasteiger partial charge is 0.255 e. The van der Waals surface area contributed by atoms with Crippen molar-refractivity contribution in [3.05, 3.63) is 292 Å². The predicted octanol–water partition coefficient (Wildman–Crippen LogP) is 26.7. The molecular weight excluding hydrogens is 1370 g/mol. The summed E-state index contributed by atoms with van der Waals surface area (Å²) in [4.78, 5) is 33.0. The van der Waals surface area contributed by atoms with Gasteiger partial charge in [-0.25, -0.2) is 0 Å². The Bertz CT molecular complexity index is 5150. The van der Waals surface area contributed by atoms with Gasteiger partial charge in [0.1, 0.15) is 11.5 Å². The maximum atomic E-state index is 14.0. The van der Waals surface area contributed by atoms with E-state index in [1.165, 1.54) is 171 Å². The van der Waals surface area contributed by atoms with Crippen molar-refractivity contribution < 1.29 is 19.1 Å². The third-order valence-electron chi connectivity index (χ3n) is 26.1. The number of nitrogens with zero attached hydrogens (tertiary/aromatic N) is 2. The topological polar surface area (TPSA) is 83.1 Å². The van der Waals surface area contributed by atoms with Gasteiger partial charge in [0.25, 0.3) is 11.8 Å². The summed E-state index contributed by atoms with van der Waals surface area (Å²) in [5.74, 6) is 4.35. The molecule has 3 aliphatic carbocycles. The summed E-state index contributed by atoms with van der Waals surface area (Å²) in [6, 6.07) is 80.8. The Hall–Kier alpha value is -10.4. The number of methoxy groups -OCH3 is 1. The van der Waals surface area contributed by atoms with Crippen LogP contribution in [0.1, 0.15) is 233 Å². The highest BCUT2D eigenvalue weighted by Gasteiger charge is 2.45. The number of aryl methyl sites for hydroxylation is 2. The molecule has 2 amide bonds. The van der Waals surface area contributed by atoms with Crippen molar-refractivity contribution in [3.8, 4) is 56.0 Å². The minimum Gasteiger partial charge on any atom is -0.497 e. The summed E-state index contributed by atoms with van der Waals surface area (Å²) in [5.41, 5.74) is 23.6. The summed E-state index contributed by atoms with van der Waals surface area (Å²) < 4.78 is 13.8. The Morgan fingerprint density at radius 2 is 0.964 bits per heavy atom. The standard InChI is InChI=1S/C104H112N4O4/c1-8-11-14-17-72-19-25-74(26-20-72)76-29-31-77(32-30-76)79-35-39-82(40-36-79)102(110)106-88-51-59-92(70(4)67-88)84-44-60-97-96(69-84)98-95-68-83(80-41-49-87(50-42-80)105-101(109)81-37-33-78(34-38-81)75-27-21-73(22-28-75)18-15-12-9-2)43-58-93(95)100-94(99(98)103(97,5)6)61-62-104(112-100,86-47-56-91(111-7)57-48-86)85-45-54-90(55-46-85)108-65-63-107(64-66-108)89-52-23-71(24-53-89)16-13-10-3/h23-24,29-62,67-69,72-75H,8-22,25-28,63-66H2,1-7H3,(H,105,109)(H,106,110)/t72-,73-,74-,75-,104?. The molecule has 2 heterocycles. The Labute approximate surface area is 666 Å². The van der Waals surface area contributed by atoms with E-state index in [9.17, 15) is 9.59 Å². The number of nitrogens with one attached hydrogen (secondary N) is 2. The summed E-state index contributed by atoms with van der Waals surface area (Å²) in [6.07, 6.45) is 29.3. The van der Waals surface area contributed by atoms with E-state index < -0.39 is 11.0 Å². The molecule has 11 aromatic rings. The Kier molecular flexibility index (Phi) is 22.6. The number of carbonyl (C=O) groups excluding carboxylic acids is 2. The highest BCUT2D eigenvalue weighted by molar-refractivity contribution is 6.11. The number of hydrogen-bond donors (Lipinski definition) is 2. The van der Waals surface area contributed by atoms with Crippen molar-refractivity contribution in [3.63, 3.8) is 0 Å². The molecule has 2 aliphatic heterocycles. The van der Waals surface area contributed by atoms with Gasteiger partial charge in [-0.15, -0.1) is 0 Å². The molecule has 8 heteroatoms. The lowest BCUT2D eigenvalue weighted by molar-refractivity contribution is 0.101. The van der Waals surface area contributed by atoms with Crippen LogP contribution in [0, 0.1) is 18.8 Å². The van der Waals surface area contributed by atoms with Crippen molar-refractivity contribution in [1.82, 2.24) is 0 Å². The van der Waals surface area contributed by atoms with Crippen molar-refractivity contribution >= 4 is 51.4 Å². The third-order valence-corrected chi connectivity index (χ3v) is 26.1. The Morgan fingerprint density at radius 3 is 1.53 bits per heavy atom. The van der Waals surface area contributed by atoms with Crippen LogP contribution in [0.25, 0.3) is 61.4 Å². The van der Waals surface area contributed by atoms with E-state index in [0.717, 1.165) is 128 Å². The number of hydrogen-bond acceptors (Lipinski definition) is 6. The summed E-state index contributed by atoms with van der Waals surface area (Å²) in [7, 11) is 1.72. The minimum atomic E-state index is -1.01. The molecule has 3 fully saturated rings. The van der Waals surface area contributed by atoms with Gasteiger partial charge in [0, 0.05) is 87.5 Å². The molecule has 112 heavy (non-hydrogen) atoms. The maximum absolute atomic E-state index is 14.0. The monoisotopic (exact) mass is 1480 g/mol.